The molecule has 1 N–H and O–H groups in total. The molecule has 2 rings (SSSR count). The fraction of sp³-hybridized carbons (Fsp3) is 0.200. The van der Waals surface area contributed by atoms with Crippen molar-refractivity contribution in [3.63, 3.8) is 0 Å². The molecule has 1 nitrogen and oxygen atoms in total. The van der Waals surface area contributed by atoms with Gasteiger partial charge in [-0.1, -0.05) is 18.2 Å². The van der Waals surface area contributed by atoms with Crippen molar-refractivity contribution < 1.29 is 17.6 Å². The number of halogens is 4. The van der Waals surface area contributed by atoms with E-state index in [1.165, 1.54) is 17.8 Å². The number of hydrogen-bond donors (Lipinski definition) is 1. The van der Waals surface area contributed by atoms with E-state index in [-0.39, 0.29) is 6.54 Å². The zero-order valence-corrected chi connectivity index (χ0v) is 12.0. The number of nitrogens with one attached hydrogen (secondary N) is 1. The lowest BCUT2D eigenvalue weighted by atomic mass is 10.1. The van der Waals surface area contributed by atoms with Crippen LogP contribution in [-0.2, 0) is 12.7 Å². The molecule has 0 aliphatic rings. The summed E-state index contributed by atoms with van der Waals surface area (Å²) in [6.07, 6.45) is -2.77. The van der Waals surface area contributed by atoms with E-state index in [9.17, 15) is 17.6 Å². The maximum Gasteiger partial charge on any atom is 0.419 e. The lowest BCUT2D eigenvalue weighted by Crippen LogP contribution is -2.10. The van der Waals surface area contributed by atoms with Gasteiger partial charge in [-0.05, 0) is 36.1 Å². The summed E-state index contributed by atoms with van der Waals surface area (Å²) in [5.74, 6) is -1.25. The molecule has 0 amide bonds. The number of hydrogen-bond acceptors (Lipinski definition) is 2. The van der Waals surface area contributed by atoms with Crippen molar-refractivity contribution in [1.82, 2.24) is 0 Å². The monoisotopic (exact) mass is 315 g/mol. The summed E-state index contributed by atoms with van der Waals surface area (Å²) < 4.78 is 51.1. The molecule has 0 fully saturated rings. The predicted molar refractivity (Wildman–Crippen MR) is 77.0 cm³/mol. The third-order valence-electron chi connectivity index (χ3n) is 2.93. The molecule has 0 radical (unpaired) electrons. The summed E-state index contributed by atoms with van der Waals surface area (Å²) >= 11 is 1.54. The minimum Gasteiger partial charge on any atom is -0.380 e. The summed E-state index contributed by atoms with van der Waals surface area (Å²) in [6.45, 7) is 0.195. The minimum absolute atomic E-state index is 0.195. The van der Waals surface area contributed by atoms with Crippen LogP contribution in [0.4, 0.5) is 23.2 Å². The Bertz CT molecular complexity index is 625. The molecule has 0 unspecified atom stereocenters. The third kappa shape index (κ3) is 3.91. The van der Waals surface area contributed by atoms with E-state index in [0.29, 0.717) is 5.56 Å². The van der Waals surface area contributed by atoms with Crippen LogP contribution in [0.1, 0.15) is 11.1 Å². The van der Waals surface area contributed by atoms with Gasteiger partial charge in [0.05, 0.1) is 5.56 Å². The second kappa shape index (κ2) is 6.39. The van der Waals surface area contributed by atoms with Crippen molar-refractivity contribution in [3.05, 3.63) is 59.4 Å². The normalized spacial score (nSPS) is 11.5. The van der Waals surface area contributed by atoms with Crippen molar-refractivity contribution in [1.29, 1.82) is 0 Å². The highest BCUT2D eigenvalue weighted by molar-refractivity contribution is 7.98. The molecule has 0 saturated heterocycles. The first kappa shape index (κ1) is 15.7. The zero-order chi connectivity index (χ0) is 15.5. The molecule has 2 aromatic carbocycles. The Balaban J connectivity index is 2.17. The van der Waals surface area contributed by atoms with Gasteiger partial charge in [0.1, 0.15) is 5.82 Å². The van der Waals surface area contributed by atoms with Crippen molar-refractivity contribution in [3.8, 4) is 0 Å². The Kier molecular flexibility index (Phi) is 4.77. The molecule has 21 heavy (non-hydrogen) atoms. The Morgan fingerprint density at radius 2 is 1.81 bits per heavy atom. The Morgan fingerprint density at radius 1 is 1.10 bits per heavy atom. The molecule has 0 aliphatic heterocycles. The van der Waals surface area contributed by atoms with Crippen LogP contribution in [-0.4, -0.2) is 6.26 Å². The average Bonchev–Trinajstić information content (AvgIpc) is 2.45. The second-order valence-corrected chi connectivity index (χ2v) is 5.21. The Morgan fingerprint density at radius 3 is 2.48 bits per heavy atom. The van der Waals surface area contributed by atoms with Crippen LogP contribution < -0.4 is 5.32 Å². The van der Waals surface area contributed by atoms with Gasteiger partial charge >= 0.3 is 6.18 Å². The molecular formula is C15H13F4NS. The molecule has 0 bridgehead atoms. The van der Waals surface area contributed by atoms with Crippen molar-refractivity contribution in [2.75, 3.05) is 11.6 Å². The van der Waals surface area contributed by atoms with Gasteiger partial charge in [-0.2, -0.15) is 13.2 Å². The summed E-state index contributed by atoms with van der Waals surface area (Å²) in [5.41, 5.74) is -0.0255. The predicted octanol–water partition coefficient (Wildman–Crippen LogP) is 5.18. The Labute approximate surface area is 124 Å². The van der Waals surface area contributed by atoms with E-state index < -0.39 is 17.6 Å². The van der Waals surface area contributed by atoms with Crippen molar-refractivity contribution >= 4 is 17.4 Å². The van der Waals surface area contributed by atoms with E-state index in [1.54, 1.807) is 0 Å². The molecule has 0 heterocycles. The van der Waals surface area contributed by atoms with Gasteiger partial charge in [0.25, 0.3) is 0 Å². The quantitative estimate of drug-likeness (QED) is 0.616. The fourth-order valence-electron chi connectivity index (χ4n) is 1.89. The highest BCUT2D eigenvalue weighted by atomic mass is 32.2. The van der Waals surface area contributed by atoms with Crippen molar-refractivity contribution in [2.45, 2.75) is 17.6 Å². The van der Waals surface area contributed by atoms with Crippen LogP contribution >= 0.6 is 11.8 Å². The average molecular weight is 315 g/mol. The van der Waals surface area contributed by atoms with Gasteiger partial charge in [0.15, 0.2) is 0 Å². The van der Waals surface area contributed by atoms with Crippen LogP contribution in [0.15, 0.2) is 47.4 Å². The van der Waals surface area contributed by atoms with Gasteiger partial charge in [-0.25, -0.2) is 4.39 Å². The number of benzene rings is 2. The SMILES string of the molecule is CSc1ccccc1NCc1ccc(F)c(C(F)(F)F)c1. The van der Waals surface area contributed by atoms with E-state index in [2.05, 4.69) is 5.32 Å². The maximum atomic E-state index is 13.2. The first-order valence-corrected chi connectivity index (χ1v) is 7.37. The molecule has 0 atom stereocenters. The fourth-order valence-corrected chi connectivity index (χ4v) is 2.46. The van der Waals surface area contributed by atoms with E-state index >= 15 is 0 Å². The molecule has 112 valence electrons. The van der Waals surface area contributed by atoms with Crippen molar-refractivity contribution in [2.24, 2.45) is 0 Å². The standard InChI is InChI=1S/C15H13F4NS/c1-21-14-5-3-2-4-13(14)20-9-10-6-7-12(16)11(8-10)15(17,18)19/h2-8,20H,9H2,1H3. The van der Waals surface area contributed by atoms with E-state index in [0.717, 1.165) is 22.7 Å². The topological polar surface area (TPSA) is 12.0 Å². The number of anilines is 1. The van der Waals surface area contributed by atoms with Gasteiger partial charge in [0.2, 0.25) is 0 Å². The lowest BCUT2D eigenvalue weighted by molar-refractivity contribution is -0.140. The van der Waals surface area contributed by atoms with Crippen LogP contribution in [0.3, 0.4) is 0 Å². The van der Waals surface area contributed by atoms with Gasteiger partial charge in [0, 0.05) is 17.1 Å². The van der Waals surface area contributed by atoms with Crippen LogP contribution in [0, 0.1) is 5.82 Å². The second-order valence-electron chi connectivity index (χ2n) is 4.37. The van der Waals surface area contributed by atoms with Crippen LogP contribution in [0.2, 0.25) is 0 Å². The summed E-state index contributed by atoms with van der Waals surface area (Å²) in [7, 11) is 0. The van der Waals surface area contributed by atoms with Crippen LogP contribution in [0.5, 0.6) is 0 Å². The third-order valence-corrected chi connectivity index (χ3v) is 3.72. The highest BCUT2D eigenvalue weighted by Crippen LogP contribution is 2.32. The smallest absolute Gasteiger partial charge is 0.380 e. The molecule has 0 saturated carbocycles. The maximum absolute atomic E-state index is 13.2. The number of alkyl halides is 3. The number of para-hydroxylation sites is 1. The summed E-state index contributed by atoms with van der Waals surface area (Å²) in [5, 5.41) is 3.07. The molecule has 0 spiro atoms. The Hall–Kier alpha value is -1.69. The minimum atomic E-state index is -4.68. The largest absolute Gasteiger partial charge is 0.419 e. The van der Waals surface area contributed by atoms with Gasteiger partial charge < -0.3 is 5.32 Å². The highest BCUT2D eigenvalue weighted by Gasteiger charge is 2.34. The first-order valence-electron chi connectivity index (χ1n) is 6.14. The van der Waals surface area contributed by atoms with Gasteiger partial charge in [-0.3, -0.25) is 0 Å². The number of rotatable bonds is 4. The molecule has 6 heteroatoms. The summed E-state index contributed by atoms with van der Waals surface area (Å²) in [4.78, 5) is 0.996. The lowest BCUT2D eigenvalue weighted by Gasteiger charge is -2.13. The molecule has 2 aromatic rings. The zero-order valence-electron chi connectivity index (χ0n) is 11.2. The molecule has 0 aliphatic carbocycles. The molecular weight excluding hydrogens is 302 g/mol. The van der Waals surface area contributed by atoms with Gasteiger partial charge in [-0.15, -0.1) is 11.8 Å². The van der Waals surface area contributed by atoms with E-state index in [4.69, 9.17) is 0 Å². The summed E-state index contributed by atoms with van der Waals surface area (Å²) in [6, 6.07) is 10.5. The first-order chi connectivity index (χ1) is 9.91. The van der Waals surface area contributed by atoms with Crippen LogP contribution in [0.25, 0.3) is 0 Å². The number of thioether (sulfide) groups is 1. The van der Waals surface area contributed by atoms with E-state index in [1.807, 2.05) is 30.5 Å². The molecule has 0 aromatic heterocycles.